The van der Waals surface area contributed by atoms with E-state index in [1.807, 2.05) is 30.3 Å². The highest BCUT2D eigenvalue weighted by Crippen LogP contribution is 2.48. The lowest BCUT2D eigenvalue weighted by Crippen LogP contribution is -2.24. The summed E-state index contributed by atoms with van der Waals surface area (Å²) in [4.78, 5) is 29.0. The zero-order valence-corrected chi connectivity index (χ0v) is 20.6. The summed E-state index contributed by atoms with van der Waals surface area (Å²) in [5.74, 6) is 2.23. The lowest BCUT2D eigenvalue weighted by atomic mass is 10.1. The van der Waals surface area contributed by atoms with Gasteiger partial charge in [-0.1, -0.05) is 29.8 Å². The van der Waals surface area contributed by atoms with E-state index in [9.17, 15) is 4.79 Å². The number of hydrogen-bond donors (Lipinski definition) is 1. The Morgan fingerprint density at radius 3 is 2.81 bits per heavy atom. The van der Waals surface area contributed by atoms with Crippen LogP contribution in [0.4, 0.5) is 11.6 Å². The number of imidazole rings is 1. The Labute approximate surface area is 214 Å². The lowest BCUT2D eigenvalue weighted by Gasteiger charge is -2.24. The second-order valence-electron chi connectivity index (χ2n) is 10.3. The number of carbonyl (C=O) groups is 1. The van der Waals surface area contributed by atoms with E-state index in [-0.39, 0.29) is 23.8 Å². The Morgan fingerprint density at radius 2 is 1.94 bits per heavy atom. The maximum Gasteiger partial charge on any atom is 0.229 e. The van der Waals surface area contributed by atoms with E-state index in [1.54, 1.807) is 0 Å². The number of aromatic nitrogens is 4. The molecule has 0 spiro atoms. The van der Waals surface area contributed by atoms with E-state index >= 15 is 0 Å². The lowest BCUT2D eigenvalue weighted by molar-refractivity contribution is -0.117. The van der Waals surface area contributed by atoms with Gasteiger partial charge in [-0.05, 0) is 73.3 Å². The van der Waals surface area contributed by atoms with Crippen molar-refractivity contribution in [2.75, 3.05) is 16.8 Å². The number of rotatable bonds is 6. The molecule has 2 aliphatic carbocycles. The molecule has 36 heavy (non-hydrogen) atoms. The highest BCUT2D eigenvalue weighted by atomic mass is 35.5. The van der Waals surface area contributed by atoms with Crippen molar-refractivity contribution >= 4 is 34.8 Å². The maximum atomic E-state index is 12.9. The molecule has 2 unspecified atom stereocenters. The first-order chi connectivity index (χ1) is 17.6. The fraction of sp³-hybridized carbons (Fsp3) is 0.357. The number of carbonyl (C=O) groups excluding carboxylic acids is 1. The smallest absolute Gasteiger partial charge is 0.229 e. The van der Waals surface area contributed by atoms with Crippen LogP contribution in [-0.2, 0) is 4.79 Å². The van der Waals surface area contributed by atoms with Crippen LogP contribution in [0, 0.1) is 5.92 Å². The fourth-order valence-electron chi connectivity index (χ4n) is 5.58. The van der Waals surface area contributed by atoms with Crippen LogP contribution in [0.15, 0.2) is 61.2 Å². The molecule has 3 aliphatic rings. The minimum absolute atomic E-state index is 0.00517. The van der Waals surface area contributed by atoms with E-state index < -0.39 is 0 Å². The average molecular weight is 499 g/mol. The molecule has 2 saturated carbocycles. The number of pyridine rings is 1. The van der Waals surface area contributed by atoms with E-state index in [1.165, 1.54) is 24.7 Å². The first kappa shape index (κ1) is 21.8. The highest BCUT2D eigenvalue weighted by Gasteiger charge is 2.44. The van der Waals surface area contributed by atoms with Gasteiger partial charge >= 0.3 is 0 Å². The predicted molar refractivity (Wildman–Crippen MR) is 139 cm³/mol. The van der Waals surface area contributed by atoms with Crippen molar-refractivity contribution in [2.24, 2.45) is 5.92 Å². The predicted octanol–water partition coefficient (Wildman–Crippen LogP) is 5.74. The molecule has 1 aromatic carbocycles. The second-order valence-corrected chi connectivity index (χ2v) is 10.7. The molecule has 7 rings (SSSR count). The molecule has 4 aromatic rings. The van der Waals surface area contributed by atoms with Crippen LogP contribution < -0.4 is 10.2 Å². The van der Waals surface area contributed by atoms with Crippen LogP contribution in [0.3, 0.4) is 0 Å². The quantitative estimate of drug-likeness (QED) is 0.367. The van der Waals surface area contributed by atoms with Gasteiger partial charge in [0.1, 0.15) is 23.6 Å². The Bertz CT molecular complexity index is 1460. The van der Waals surface area contributed by atoms with Gasteiger partial charge in [0.25, 0.3) is 0 Å². The third-order valence-electron chi connectivity index (χ3n) is 7.74. The average Bonchev–Trinajstić information content (AvgIpc) is 3.79. The minimum atomic E-state index is -0.0556. The molecule has 0 radical (unpaired) electrons. The van der Waals surface area contributed by atoms with Gasteiger partial charge in [0.05, 0.1) is 11.7 Å². The maximum absolute atomic E-state index is 12.9. The van der Waals surface area contributed by atoms with Crippen LogP contribution in [0.2, 0.25) is 5.02 Å². The van der Waals surface area contributed by atoms with Gasteiger partial charge in [0, 0.05) is 35.9 Å². The third-order valence-corrected chi connectivity index (χ3v) is 7.97. The topological polar surface area (TPSA) is 75.4 Å². The molecule has 0 bridgehead atoms. The summed E-state index contributed by atoms with van der Waals surface area (Å²) in [6.45, 7) is 0.899. The summed E-state index contributed by atoms with van der Waals surface area (Å²) in [6.07, 6.45) is 11.4. The standard InChI is InChI=1S/C28H27ClN6O/c29-20-4-1-3-18(11-20)21-12-22(21)28(36)33-25-13-27(31-16-30-25)35-10-2-5-24(35)23-15-34-14-19(17-6-7-17)8-9-26(34)32-23/h1,3-4,8-9,11,13-17,21-22,24H,2,5-7,10,12H2,(H,30,31,33,36)/t21?,22?,24-/m1/s1. The summed E-state index contributed by atoms with van der Waals surface area (Å²) in [6, 6.07) is 14.2. The Hall–Kier alpha value is -3.45. The first-order valence-corrected chi connectivity index (χ1v) is 13.1. The number of amides is 1. The molecule has 8 heteroatoms. The zero-order valence-electron chi connectivity index (χ0n) is 19.8. The number of halogens is 1. The van der Waals surface area contributed by atoms with E-state index in [0.717, 1.165) is 48.5 Å². The summed E-state index contributed by atoms with van der Waals surface area (Å²) in [7, 11) is 0. The highest BCUT2D eigenvalue weighted by molar-refractivity contribution is 6.30. The Balaban J connectivity index is 1.07. The van der Waals surface area contributed by atoms with Gasteiger partial charge in [-0.3, -0.25) is 4.79 Å². The van der Waals surface area contributed by atoms with Gasteiger partial charge in [0.2, 0.25) is 5.91 Å². The fourth-order valence-corrected chi connectivity index (χ4v) is 5.78. The van der Waals surface area contributed by atoms with Crippen LogP contribution in [0.5, 0.6) is 0 Å². The van der Waals surface area contributed by atoms with Crippen molar-refractivity contribution in [1.82, 2.24) is 19.4 Å². The van der Waals surface area contributed by atoms with Gasteiger partial charge in [-0.25, -0.2) is 15.0 Å². The third kappa shape index (κ3) is 4.11. The number of hydrogen-bond acceptors (Lipinski definition) is 5. The summed E-state index contributed by atoms with van der Waals surface area (Å²) >= 11 is 6.13. The monoisotopic (exact) mass is 498 g/mol. The Morgan fingerprint density at radius 1 is 1.03 bits per heavy atom. The zero-order chi connectivity index (χ0) is 24.2. The SMILES string of the molecule is O=C(Nc1cc(N2CCC[C@@H]2c2cn3cc(C4CC4)ccc3n2)ncn1)C1CC1c1cccc(Cl)c1. The van der Waals surface area contributed by atoms with Crippen LogP contribution in [0.25, 0.3) is 5.65 Å². The van der Waals surface area contributed by atoms with E-state index in [4.69, 9.17) is 16.6 Å². The molecule has 3 atom stereocenters. The van der Waals surface area contributed by atoms with Crippen molar-refractivity contribution in [3.05, 3.63) is 83.0 Å². The number of benzene rings is 1. The normalized spacial score (nSPS) is 23.2. The molecule has 1 N–H and O–H groups in total. The molecule has 3 fully saturated rings. The first-order valence-electron chi connectivity index (χ1n) is 12.8. The van der Waals surface area contributed by atoms with Crippen LogP contribution >= 0.6 is 11.6 Å². The molecule has 1 aliphatic heterocycles. The van der Waals surface area contributed by atoms with Crippen molar-refractivity contribution in [3.63, 3.8) is 0 Å². The Kier molecular flexibility index (Phi) is 5.20. The largest absolute Gasteiger partial charge is 0.348 e. The van der Waals surface area contributed by atoms with Crippen molar-refractivity contribution in [2.45, 2.75) is 50.0 Å². The van der Waals surface area contributed by atoms with E-state index in [0.29, 0.717) is 16.8 Å². The van der Waals surface area contributed by atoms with Gasteiger partial charge in [-0.15, -0.1) is 0 Å². The van der Waals surface area contributed by atoms with Gasteiger partial charge in [0.15, 0.2) is 0 Å². The molecule has 3 aromatic heterocycles. The molecule has 182 valence electrons. The van der Waals surface area contributed by atoms with Gasteiger partial charge < -0.3 is 14.6 Å². The van der Waals surface area contributed by atoms with Crippen molar-refractivity contribution < 1.29 is 4.79 Å². The van der Waals surface area contributed by atoms with Crippen molar-refractivity contribution in [3.8, 4) is 0 Å². The summed E-state index contributed by atoms with van der Waals surface area (Å²) < 4.78 is 2.16. The minimum Gasteiger partial charge on any atom is -0.348 e. The number of nitrogens with zero attached hydrogens (tertiary/aromatic N) is 5. The molecule has 7 nitrogen and oxygen atoms in total. The molecule has 1 amide bonds. The molecular formula is C28H27ClN6O. The number of anilines is 2. The van der Waals surface area contributed by atoms with Crippen LogP contribution in [0.1, 0.15) is 66.8 Å². The summed E-state index contributed by atoms with van der Waals surface area (Å²) in [5, 5.41) is 3.71. The summed E-state index contributed by atoms with van der Waals surface area (Å²) in [5.41, 5.74) is 4.56. The van der Waals surface area contributed by atoms with E-state index in [2.05, 4.69) is 49.1 Å². The molecule has 4 heterocycles. The van der Waals surface area contributed by atoms with Crippen LogP contribution in [-0.4, -0.2) is 31.8 Å². The van der Waals surface area contributed by atoms with Crippen molar-refractivity contribution in [1.29, 1.82) is 0 Å². The molecule has 1 saturated heterocycles. The second kappa shape index (κ2) is 8.59. The number of fused-ring (bicyclic) bond motifs is 1. The van der Waals surface area contributed by atoms with Gasteiger partial charge in [-0.2, -0.15) is 0 Å². The number of nitrogens with one attached hydrogen (secondary N) is 1. The molecular weight excluding hydrogens is 472 g/mol.